The molecule has 0 atom stereocenters. The smallest absolute Gasteiger partial charge is 0.0332 e. The number of rotatable bonds is 0. The zero-order valence-corrected chi connectivity index (χ0v) is 15.0. The van der Waals surface area contributed by atoms with Crippen LogP contribution in [0.25, 0.3) is 53.9 Å². The van der Waals surface area contributed by atoms with Gasteiger partial charge in [-0.3, -0.25) is 0 Å². The first-order valence-corrected chi connectivity index (χ1v) is 9.29. The van der Waals surface area contributed by atoms with Gasteiger partial charge in [-0.1, -0.05) is 72.8 Å². The van der Waals surface area contributed by atoms with Gasteiger partial charge in [0.05, 0.1) is 0 Å². The van der Waals surface area contributed by atoms with Crippen LogP contribution in [0.1, 0.15) is 0 Å². The van der Waals surface area contributed by atoms with E-state index in [4.69, 9.17) is 0 Å². The molecule has 0 spiro atoms. The average molecular weight is 381 g/mol. The van der Waals surface area contributed by atoms with Crippen molar-refractivity contribution < 1.29 is 0 Å². The third kappa shape index (κ3) is 1.66. The van der Waals surface area contributed by atoms with Gasteiger partial charge in [-0.25, -0.2) is 0 Å². The Morgan fingerprint density at radius 3 is 1.92 bits per heavy atom. The van der Waals surface area contributed by atoms with E-state index in [0.717, 1.165) is 0 Å². The van der Waals surface area contributed by atoms with Gasteiger partial charge in [0, 0.05) is 4.47 Å². The molecular formula is C24H13Br. The molecular weight excluding hydrogens is 368 g/mol. The van der Waals surface area contributed by atoms with Gasteiger partial charge in [0.2, 0.25) is 0 Å². The number of benzene rings is 6. The largest absolute Gasteiger partial charge is 0.0616 e. The van der Waals surface area contributed by atoms with Crippen LogP contribution in [0.3, 0.4) is 0 Å². The maximum atomic E-state index is 3.88. The van der Waals surface area contributed by atoms with Crippen molar-refractivity contribution in [2.24, 2.45) is 0 Å². The Morgan fingerprint density at radius 1 is 0.440 bits per heavy atom. The lowest BCUT2D eigenvalue weighted by molar-refractivity contribution is 1.77. The fourth-order valence-corrected chi connectivity index (χ4v) is 5.04. The molecule has 0 N–H and O–H groups in total. The summed E-state index contributed by atoms with van der Waals surface area (Å²) in [5.41, 5.74) is 0. The number of hydrogen-bond donors (Lipinski definition) is 0. The lowest BCUT2D eigenvalue weighted by atomic mass is 9.89. The third-order valence-corrected chi connectivity index (χ3v) is 6.30. The topological polar surface area (TPSA) is 0 Å². The summed E-state index contributed by atoms with van der Waals surface area (Å²) >= 11 is 3.88. The van der Waals surface area contributed by atoms with Crippen LogP contribution < -0.4 is 0 Å². The number of hydrogen-bond acceptors (Lipinski definition) is 0. The molecule has 0 aliphatic carbocycles. The Balaban J connectivity index is 2.02. The Morgan fingerprint density at radius 2 is 1.08 bits per heavy atom. The molecule has 0 heterocycles. The minimum absolute atomic E-state index is 1.19. The fourth-order valence-electron chi connectivity index (χ4n) is 4.36. The van der Waals surface area contributed by atoms with Crippen molar-refractivity contribution in [1.29, 1.82) is 0 Å². The molecule has 6 rings (SSSR count). The maximum absolute atomic E-state index is 3.88. The van der Waals surface area contributed by atoms with Crippen LogP contribution in [0.4, 0.5) is 0 Å². The summed E-state index contributed by atoms with van der Waals surface area (Å²) in [4.78, 5) is 0. The van der Waals surface area contributed by atoms with Gasteiger partial charge < -0.3 is 0 Å². The summed E-state index contributed by atoms with van der Waals surface area (Å²) < 4.78 is 1.19. The van der Waals surface area contributed by atoms with Gasteiger partial charge in [0.15, 0.2) is 0 Å². The van der Waals surface area contributed by atoms with E-state index in [1.165, 1.54) is 58.3 Å². The molecule has 0 unspecified atom stereocenters. The number of fused-ring (bicyclic) bond motifs is 4. The van der Waals surface area contributed by atoms with Crippen molar-refractivity contribution in [3.63, 3.8) is 0 Å². The SMILES string of the molecule is Brc1c2ccccc2c2ccc3c4ccccc4cc4ccc1c2c43. The fraction of sp³-hybridized carbons (Fsp3) is 0. The van der Waals surface area contributed by atoms with E-state index in [2.05, 4.69) is 94.8 Å². The highest BCUT2D eigenvalue weighted by atomic mass is 79.9. The van der Waals surface area contributed by atoms with Crippen LogP contribution in [-0.2, 0) is 0 Å². The zero-order chi connectivity index (χ0) is 16.5. The van der Waals surface area contributed by atoms with Crippen LogP contribution in [0.5, 0.6) is 0 Å². The highest BCUT2D eigenvalue weighted by Gasteiger charge is 2.15. The molecule has 0 radical (unpaired) electrons. The third-order valence-electron chi connectivity index (χ3n) is 5.45. The molecule has 0 amide bonds. The van der Waals surface area contributed by atoms with Gasteiger partial charge in [0.25, 0.3) is 0 Å². The maximum Gasteiger partial charge on any atom is 0.0332 e. The lowest BCUT2D eigenvalue weighted by Gasteiger charge is -2.16. The summed E-state index contributed by atoms with van der Waals surface area (Å²) in [5, 5.41) is 13.2. The molecule has 0 aliphatic rings. The predicted molar refractivity (Wildman–Crippen MR) is 113 cm³/mol. The van der Waals surface area contributed by atoms with Crippen LogP contribution >= 0.6 is 15.9 Å². The van der Waals surface area contributed by atoms with Crippen molar-refractivity contribution >= 4 is 69.8 Å². The molecule has 6 aromatic rings. The minimum Gasteiger partial charge on any atom is -0.0616 e. The highest BCUT2D eigenvalue weighted by Crippen LogP contribution is 2.44. The first-order valence-electron chi connectivity index (χ1n) is 8.49. The van der Waals surface area contributed by atoms with E-state index in [1.54, 1.807) is 0 Å². The lowest BCUT2D eigenvalue weighted by Crippen LogP contribution is -1.88. The van der Waals surface area contributed by atoms with E-state index in [1.807, 2.05) is 0 Å². The first kappa shape index (κ1) is 13.6. The molecule has 0 saturated heterocycles. The van der Waals surface area contributed by atoms with Crippen LogP contribution in [0, 0.1) is 0 Å². The van der Waals surface area contributed by atoms with E-state index in [-0.39, 0.29) is 0 Å². The second-order valence-electron chi connectivity index (χ2n) is 6.70. The molecule has 0 nitrogen and oxygen atoms in total. The van der Waals surface area contributed by atoms with E-state index >= 15 is 0 Å². The zero-order valence-electron chi connectivity index (χ0n) is 13.4. The van der Waals surface area contributed by atoms with Crippen LogP contribution in [0.2, 0.25) is 0 Å². The summed E-state index contributed by atoms with van der Waals surface area (Å²) in [6.45, 7) is 0. The van der Waals surface area contributed by atoms with Gasteiger partial charge in [-0.2, -0.15) is 0 Å². The Bertz CT molecular complexity index is 1440. The van der Waals surface area contributed by atoms with Crippen LogP contribution in [0.15, 0.2) is 83.3 Å². The second kappa shape index (κ2) is 4.71. The highest BCUT2D eigenvalue weighted by molar-refractivity contribution is 9.10. The quantitative estimate of drug-likeness (QED) is 0.187. The Kier molecular flexibility index (Phi) is 2.57. The summed E-state index contributed by atoms with van der Waals surface area (Å²) in [6, 6.07) is 28.8. The molecule has 0 aromatic heterocycles. The van der Waals surface area contributed by atoms with Crippen molar-refractivity contribution in [3.8, 4) is 0 Å². The Labute approximate surface area is 153 Å². The van der Waals surface area contributed by atoms with Crippen LogP contribution in [-0.4, -0.2) is 0 Å². The van der Waals surface area contributed by atoms with Crippen molar-refractivity contribution in [3.05, 3.63) is 83.3 Å². The summed E-state index contributed by atoms with van der Waals surface area (Å²) in [6.07, 6.45) is 0. The molecule has 25 heavy (non-hydrogen) atoms. The number of halogens is 1. The van der Waals surface area contributed by atoms with Gasteiger partial charge in [-0.15, -0.1) is 0 Å². The molecule has 116 valence electrons. The first-order chi connectivity index (χ1) is 12.3. The van der Waals surface area contributed by atoms with E-state index in [0.29, 0.717) is 0 Å². The van der Waals surface area contributed by atoms with E-state index < -0.39 is 0 Å². The molecule has 1 heteroatoms. The van der Waals surface area contributed by atoms with Gasteiger partial charge in [-0.05, 0) is 75.9 Å². The average Bonchev–Trinajstić information content (AvgIpc) is 2.67. The van der Waals surface area contributed by atoms with Gasteiger partial charge >= 0.3 is 0 Å². The minimum atomic E-state index is 1.19. The Hall–Kier alpha value is -2.64. The molecule has 0 aliphatic heterocycles. The van der Waals surface area contributed by atoms with Crippen molar-refractivity contribution in [2.45, 2.75) is 0 Å². The van der Waals surface area contributed by atoms with E-state index in [9.17, 15) is 0 Å². The molecule has 0 bridgehead atoms. The van der Waals surface area contributed by atoms with Crippen molar-refractivity contribution in [2.75, 3.05) is 0 Å². The normalized spacial score (nSPS) is 12.2. The second-order valence-corrected chi connectivity index (χ2v) is 7.50. The van der Waals surface area contributed by atoms with Gasteiger partial charge in [0.1, 0.15) is 0 Å². The standard InChI is InChI=1S/C24H13Br/c25-24-20-8-4-3-7-17(20)19-12-11-18-16-6-2-1-5-14(16)13-15-9-10-21(24)23(19)22(15)18/h1-13H. The summed E-state index contributed by atoms with van der Waals surface area (Å²) in [5.74, 6) is 0. The predicted octanol–water partition coefficient (Wildman–Crippen LogP) is 7.65. The monoisotopic (exact) mass is 380 g/mol. The van der Waals surface area contributed by atoms with Crippen molar-refractivity contribution in [1.82, 2.24) is 0 Å². The molecule has 0 saturated carbocycles. The molecule has 6 aromatic carbocycles. The molecule has 0 fully saturated rings. The summed E-state index contributed by atoms with van der Waals surface area (Å²) in [7, 11) is 0.